The van der Waals surface area contributed by atoms with Gasteiger partial charge in [0.1, 0.15) is 5.75 Å². The van der Waals surface area contributed by atoms with Crippen LogP contribution in [0.1, 0.15) is 12.5 Å². The summed E-state index contributed by atoms with van der Waals surface area (Å²) in [5, 5.41) is 0. The van der Waals surface area contributed by atoms with Gasteiger partial charge in [0, 0.05) is 25.2 Å². The number of benzene rings is 1. The predicted molar refractivity (Wildman–Crippen MR) is 73.3 cm³/mol. The third-order valence-corrected chi connectivity index (χ3v) is 2.44. The highest BCUT2D eigenvalue weighted by Gasteiger charge is 2.07. The Hall–Kier alpha value is -1.54. The van der Waals surface area contributed by atoms with E-state index in [0.29, 0.717) is 6.61 Å². The molecule has 0 saturated carbocycles. The van der Waals surface area contributed by atoms with Gasteiger partial charge in [0.15, 0.2) is 0 Å². The van der Waals surface area contributed by atoms with E-state index in [1.165, 1.54) is 5.56 Å². The fourth-order valence-corrected chi connectivity index (χ4v) is 1.74. The topological polar surface area (TPSA) is 12.5 Å². The minimum absolute atomic E-state index is 0.694. The van der Waals surface area contributed by atoms with Crippen LogP contribution in [0.2, 0.25) is 0 Å². The second kappa shape index (κ2) is 7.69. The third kappa shape index (κ3) is 4.45. The summed E-state index contributed by atoms with van der Waals surface area (Å²) < 4.78 is 5.62. The van der Waals surface area contributed by atoms with E-state index in [0.717, 1.165) is 25.4 Å². The van der Waals surface area contributed by atoms with Crippen LogP contribution in [0.5, 0.6) is 5.75 Å². The Morgan fingerprint density at radius 1 is 1.18 bits per heavy atom. The molecule has 0 atom stereocenters. The first-order valence-corrected chi connectivity index (χ1v) is 5.96. The van der Waals surface area contributed by atoms with Gasteiger partial charge in [-0.1, -0.05) is 30.4 Å². The first-order valence-electron chi connectivity index (χ1n) is 5.96. The molecule has 17 heavy (non-hydrogen) atoms. The summed E-state index contributed by atoms with van der Waals surface area (Å²) in [6.07, 6.45) is 3.82. The van der Waals surface area contributed by atoms with Crippen molar-refractivity contribution in [3.63, 3.8) is 0 Å². The van der Waals surface area contributed by atoms with Gasteiger partial charge in [0.2, 0.25) is 0 Å². The fourth-order valence-electron chi connectivity index (χ4n) is 1.74. The van der Waals surface area contributed by atoms with Gasteiger partial charge in [-0.3, -0.25) is 4.90 Å². The van der Waals surface area contributed by atoms with Crippen molar-refractivity contribution in [1.29, 1.82) is 0 Å². The Morgan fingerprint density at radius 3 is 2.41 bits per heavy atom. The molecule has 0 aliphatic heterocycles. The zero-order chi connectivity index (χ0) is 12.5. The van der Waals surface area contributed by atoms with Crippen molar-refractivity contribution in [3.8, 4) is 5.75 Å². The molecular formula is C15H21NO. The van der Waals surface area contributed by atoms with Gasteiger partial charge in [-0.15, -0.1) is 13.2 Å². The molecule has 0 aliphatic rings. The average Bonchev–Trinajstić information content (AvgIpc) is 2.33. The van der Waals surface area contributed by atoms with Gasteiger partial charge in [0.25, 0.3) is 0 Å². The quantitative estimate of drug-likeness (QED) is 0.637. The van der Waals surface area contributed by atoms with Gasteiger partial charge in [-0.2, -0.15) is 0 Å². The van der Waals surface area contributed by atoms with Gasteiger partial charge in [0.05, 0.1) is 6.61 Å². The summed E-state index contributed by atoms with van der Waals surface area (Å²) in [6.45, 7) is 12.8. The standard InChI is InChI=1S/C15H21NO/c1-4-11-16(12-5-2)13-14-9-7-8-10-15(14)17-6-3/h4-5,7-10H,1-2,6,11-13H2,3H3. The number of nitrogens with zero attached hydrogens (tertiary/aromatic N) is 1. The molecule has 2 nitrogen and oxygen atoms in total. The Morgan fingerprint density at radius 2 is 1.82 bits per heavy atom. The number of rotatable bonds is 8. The summed E-state index contributed by atoms with van der Waals surface area (Å²) >= 11 is 0. The van der Waals surface area contributed by atoms with E-state index < -0.39 is 0 Å². The summed E-state index contributed by atoms with van der Waals surface area (Å²) in [6, 6.07) is 8.15. The van der Waals surface area contributed by atoms with E-state index in [9.17, 15) is 0 Å². The van der Waals surface area contributed by atoms with Crippen LogP contribution >= 0.6 is 0 Å². The molecule has 0 amide bonds. The first-order chi connectivity index (χ1) is 8.31. The minimum atomic E-state index is 0.694. The zero-order valence-corrected chi connectivity index (χ0v) is 10.6. The highest BCUT2D eigenvalue weighted by atomic mass is 16.5. The van der Waals surface area contributed by atoms with Crippen molar-refractivity contribution in [1.82, 2.24) is 4.90 Å². The van der Waals surface area contributed by atoms with Crippen LogP contribution in [0.4, 0.5) is 0 Å². The van der Waals surface area contributed by atoms with E-state index in [2.05, 4.69) is 24.1 Å². The summed E-state index contributed by atoms with van der Waals surface area (Å²) in [7, 11) is 0. The van der Waals surface area contributed by atoms with Crippen LogP contribution in [-0.4, -0.2) is 24.6 Å². The lowest BCUT2D eigenvalue weighted by atomic mass is 10.2. The van der Waals surface area contributed by atoms with Crippen LogP contribution in [0.25, 0.3) is 0 Å². The molecule has 0 N–H and O–H groups in total. The molecule has 0 radical (unpaired) electrons. The van der Waals surface area contributed by atoms with E-state index >= 15 is 0 Å². The molecule has 2 heteroatoms. The Labute approximate surface area is 104 Å². The molecular weight excluding hydrogens is 210 g/mol. The van der Waals surface area contributed by atoms with Crippen LogP contribution in [0.3, 0.4) is 0 Å². The molecule has 0 aromatic heterocycles. The fraction of sp³-hybridized carbons (Fsp3) is 0.333. The van der Waals surface area contributed by atoms with Gasteiger partial charge >= 0.3 is 0 Å². The molecule has 1 aromatic rings. The Balaban J connectivity index is 2.76. The van der Waals surface area contributed by atoms with Gasteiger partial charge in [-0.25, -0.2) is 0 Å². The second-order valence-electron chi connectivity index (χ2n) is 3.81. The highest BCUT2D eigenvalue weighted by molar-refractivity contribution is 5.33. The van der Waals surface area contributed by atoms with E-state index in [1.54, 1.807) is 0 Å². The zero-order valence-electron chi connectivity index (χ0n) is 10.6. The first kappa shape index (κ1) is 13.5. The molecule has 0 heterocycles. The normalized spacial score (nSPS) is 10.2. The molecule has 0 aliphatic carbocycles. The molecule has 0 bridgehead atoms. The molecule has 1 rings (SSSR count). The number of para-hydroxylation sites is 1. The van der Waals surface area contributed by atoms with Crippen LogP contribution in [-0.2, 0) is 6.54 Å². The maximum atomic E-state index is 5.62. The van der Waals surface area contributed by atoms with Crippen molar-refractivity contribution in [2.75, 3.05) is 19.7 Å². The largest absolute Gasteiger partial charge is 0.494 e. The van der Waals surface area contributed by atoms with Gasteiger partial charge < -0.3 is 4.74 Å². The maximum absolute atomic E-state index is 5.62. The smallest absolute Gasteiger partial charge is 0.123 e. The average molecular weight is 231 g/mol. The SMILES string of the molecule is C=CCN(CC=C)Cc1ccccc1OCC. The van der Waals surface area contributed by atoms with Crippen molar-refractivity contribution in [2.24, 2.45) is 0 Å². The van der Waals surface area contributed by atoms with Gasteiger partial charge in [-0.05, 0) is 13.0 Å². The lowest BCUT2D eigenvalue weighted by Crippen LogP contribution is -2.23. The predicted octanol–water partition coefficient (Wildman–Crippen LogP) is 3.26. The highest BCUT2D eigenvalue weighted by Crippen LogP contribution is 2.19. The maximum Gasteiger partial charge on any atom is 0.123 e. The lowest BCUT2D eigenvalue weighted by Gasteiger charge is -2.20. The van der Waals surface area contributed by atoms with E-state index in [4.69, 9.17) is 4.74 Å². The van der Waals surface area contributed by atoms with Crippen molar-refractivity contribution in [3.05, 3.63) is 55.1 Å². The van der Waals surface area contributed by atoms with E-state index in [-0.39, 0.29) is 0 Å². The second-order valence-corrected chi connectivity index (χ2v) is 3.81. The lowest BCUT2D eigenvalue weighted by molar-refractivity contribution is 0.303. The van der Waals surface area contributed by atoms with Crippen LogP contribution < -0.4 is 4.74 Å². The molecule has 92 valence electrons. The molecule has 0 unspecified atom stereocenters. The summed E-state index contributed by atoms with van der Waals surface area (Å²) in [5.74, 6) is 0.966. The molecule has 0 spiro atoms. The third-order valence-electron chi connectivity index (χ3n) is 2.44. The number of hydrogen-bond acceptors (Lipinski definition) is 2. The van der Waals surface area contributed by atoms with Crippen LogP contribution in [0, 0.1) is 0 Å². The van der Waals surface area contributed by atoms with Crippen LogP contribution in [0.15, 0.2) is 49.6 Å². The summed E-state index contributed by atoms with van der Waals surface area (Å²) in [4.78, 5) is 2.26. The summed E-state index contributed by atoms with van der Waals surface area (Å²) in [5.41, 5.74) is 1.21. The monoisotopic (exact) mass is 231 g/mol. The van der Waals surface area contributed by atoms with Crippen molar-refractivity contribution < 1.29 is 4.74 Å². The van der Waals surface area contributed by atoms with Crippen molar-refractivity contribution >= 4 is 0 Å². The van der Waals surface area contributed by atoms with Crippen molar-refractivity contribution in [2.45, 2.75) is 13.5 Å². The Kier molecular flexibility index (Phi) is 6.12. The molecule has 1 aromatic carbocycles. The Bertz CT molecular complexity index is 350. The molecule has 0 saturated heterocycles. The van der Waals surface area contributed by atoms with E-state index in [1.807, 2.05) is 37.3 Å². The number of hydrogen-bond donors (Lipinski definition) is 0. The number of ether oxygens (including phenoxy) is 1. The molecule has 0 fully saturated rings. The minimum Gasteiger partial charge on any atom is -0.494 e.